The lowest BCUT2D eigenvalue weighted by Crippen LogP contribution is -1.99. The average molecular weight is 298 g/mol. The van der Waals surface area contributed by atoms with Crippen molar-refractivity contribution >= 4 is 28.8 Å². The zero-order valence-electron chi connectivity index (χ0n) is 11.1. The second-order valence-corrected chi connectivity index (χ2v) is 5.00. The van der Waals surface area contributed by atoms with E-state index < -0.39 is 0 Å². The number of carbonyl (C=O) groups is 1. The first-order valence-corrected chi connectivity index (χ1v) is 6.86. The molecular weight excluding hydrogens is 286 g/mol. The van der Waals surface area contributed by atoms with Gasteiger partial charge in [0.1, 0.15) is 18.6 Å². The second kappa shape index (κ2) is 5.94. The number of nitrogens with zero attached hydrogens (tertiary/aromatic N) is 1. The number of aromatic nitrogens is 1. The van der Waals surface area contributed by atoms with Gasteiger partial charge in [-0.1, -0.05) is 35.9 Å². The minimum Gasteiger partial charge on any atom is -0.486 e. The second-order valence-electron chi connectivity index (χ2n) is 4.59. The summed E-state index contributed by atoms with van der Waals surface area (Å²) in [7, 11) is 0. The molecule has 1 aromatic heterocycles. The smallest absolute Gasteiger partial charge is 0.150 e. The summed E-state index contributed by atoms with van der Waals surface area (Å²) < 4.78 is 5.66. The zero-order chi connectivity index (χ0) is 14.7. The molecule has 0 bridgehead atoms. The number of fused-ring (bicyclic) bond motifs is 1. The van der Waals surface area contributed by atoms with E-state index in [1.165, 1.54) is 0 Å². The van der Waals surface area contributed by atoms with Crippen molar-refractivity contribution in [2.45, 2.75) is 6.61 Å². The van der Waals surface area contributed by atoms with Crippen molar-refractivity contribution in [2.24, 2.45) is 0 Å². The molecular formula is C17H12ClNO2. The molecule has 0 spiro atoms. The fraction of sp³-hybridized carbons (Fsp3) is 0.0588. The Hall–Kier alpha value is -2.39. The first-order chi connectivity index (χ1) is 10.3. The van der Waals surface area contributed by atoms with E-state index in [1.807, 2.05) is 36.4 Å². The van der Waals surface area contributed by atoms with E-state index in [4.69, 9.17) is 16.3 Å². The highest BCUT2D eigenvalue weighted by Gasteiger charge is 2.04. The lowest BCUT2D eigenvalue weighted by molar-refractivity contribution is 0.112. The molecule has 2 aromatic carbocycles. The van der Waals surface area contributed by atoms with Crippen molar-refractivity contribution < 1.29 is 9.53 Å². The molecule has 0 unspecified atom stereocenters. The van der Waals surface area contributed by atoms with Gasteiger partial charge < -0.3 is 4.74 Å². The molecule has 104 valence electrons. The Balaban J connectivity index is 1.78. The van der Waals surface area contributed by atoms with Crippen LogP contribution in [-0.2, 0) is 6.61 Å². The zero-order valence-corrected chi connectivity index (χ0v) is 11.9. The molecule has 0 atom stereocenters. The highest BCUT2D eigenvalue weighted by atomic mass is 35.5. The summed E-state index contributed by atoms with van der Waals surface area (Å²) >= 11 is 6.07. The lowest BCUT2D eigenvalue weighted by Gasteiger charge is -2.08. The first-order valence-electron chi connectivity index (χ1n) is 6.48. The Kier molecular flexibility index (Phi) is 3.84. The molecule has 0 radical (unpaired) electrons. The summed E-state index contributed by atoms with van der Waals surface area (Å²) in [5.74, 6) is 0.539. The first kappa shape index (κ1) is 13.6. The summed E-state index contributed by atoms with van der Waals surface area (Å²) in [4.78, 5) is 15.2. The molecule has 1 heterocycles. The number of carbonyl (C=O) groups excluding carboxylic acids is 1. The van der Waals surface area contributed by atoms with Gasteiger partial charge in [0.25, 0.3) is 0 Å². The molecule has 0 N–H and O–H groups in total. The standard InChI is InChI=1S/C17H12ClNO2/c18-15-9-12(10-20)5-8-17(15)21-11-14-7-6-13-3-1-2-4-16(13)19-14/h1-10H,11H2. The molecule has 0 saturated heterocycles. The number of benzene rings is 2. The Labute approximate surface area is 127 Å². The van der Waals surface area contributed by atoms with E-state index in [2.05, 4.69) is 4.98 Å². The maximum Gasteiger partial charge on any atom is 0.150 e. The summed E-state index contributed by atoms with van der Waals surface area (Å²) in [5.41, 5.74) is 2.28. The van der Waals surface area contributed by atoms with Crippen LogP contribution in [0.4, 0.5) is 0 Å². The van der Waals surface area contributed by atoms with Gasteiger partial charge in [-0.25, -0.2) is 4.98 Å². The van der Waals surface area contributed by atoms with Gasteiger partial charge in [-0.15, -0.1) is 0 Å². The Bertz CT molecular complexity index is 802. The van der Waals surface area contributed by atoms with Gasteiger partial charge in [0.15, 0.2) is 0 Å². The van der Waals surface area contributed by atoms with Crippen molar-refractivity contribution in [3.05, 3.63) is 70.9 Å². The minimum atomic E-state index is 0.324. The Morgan fingerprint density at radius 3 is 2.76 bits per heavy atom. The van der Waals surface area contributed by atoms with Crippen LogP contribution >= 0.6 is 11.6 Å². The van der Waals surface area contributed by atoms with Crippen molar-refractivity contribution in [3.63, 3.8) is 0 Å². The summed E-state index contributed by atoms with van der Waals surface area (Å²) in [6.07, 6.45) is 0.751. The van der Waals surface area contributed by atoms with Crippen molar-refractivity contribution in [2.75, 3.05) is 0 Å². The fourth-order valence-electron chi connectivity index (χ4n) is 2.05. The Morgan fingerprint density at radius 2 is 1.95 bits per heavy atom. The van der Waals surface area contributed by atoms with Crippen molar-refractivity contribution in [1.82, 2.24) is 4.98 Å². The molecule has 21 heavy (non-hydrogen) atoms. The average Bonchev–Trinajstić information content (AvgIpc) is 2.53. The molecule has 0 amide bonds. The van der Waals surface area contributed by atoms with Crippen molar-refractivity contribution in [3.8, 4) is 5.75 Å². The Morgan fingerprint density at radius 1 is 1.10 bits per heavy atom. The molecule has 0 aliphatic carbocycles. The number of ether oxygens (including phenoxy) is 1. The third-order valence-corrected chi connectivity index (χ3v) is 3.42. The predicted octanol–water partition coefficient (Wildman–Crippen LogP) is 4.28. The molecule has 3 rings (SSSR count). The van der Waals surface area contributed by atoms with Gasteiger partial charge in [0.2, 0.25) is 0 Å². The summed E-state index contributed by atoms with van der Waals surface area (Å²) in [5, 5.41) is 1.51. The monoisotopic (exact) mass is 297 g/mol. The molecule has 3 aromatic rings. The topological polar surface area (TPSA) is 39.2 Å². The third kappa shape index (κ3) is 3.03. The SMILES string of the molecule is O=Cc1ccc(OCc2ccc3ccccc3n2)c(Cl)c1. The molecule has 3 nitrogen and oxygen atoms in total. The van der Waals surface area contributed by atoms with Gasteiger partial charge in [-0.3, -0.25) is 4.79 Å². The highest BCUT2D eigenvalue weighted by Crippen LogP contribution is 2.25. The quantitative estimate of drug-likeness (QED) is 0.675. The number of pyridine rings is 1. The van der Waals surface area contributed by atoms with Gasteiger partial charge in [0, 0.05) is 10.9 Å². The molecule has 0 saturated carbocycles. The van der Waals surface area contributed by atoms with Gasteiger partial charge in [0.05, 0.1) is 16.2 Å². The van der Waals surface area contributed by atoms with Crippen LogP contribution in [0.3, 0.4) is 0 Å². The van der Waals surface area contributed by atoms with Crippen LogP contribution in [0.1, 0.15) is 16.1 Å². The number of aldehydes is 1. The number of hydrogen-bond donors (Lipinski definition) is 0. The molecule has 0 fully saturated rings. The van der Waals surface area contributed by atoms with Crippen molar-refractivity contribution in [1.29, 1.82) is 0 Å². The van der Waals surface area contributed by atoms with E-state index in [9.17, 15) is 4.79 Å². The van der Waals surface area contributed by atoms with Crippen LogP contribution in [0.2, 0.25) is 5.02 Å². The summed E-state index contributed by atoms with van der Waals surface area (Å²) in [6.45, 7) is 0.324. The van der Waals surface area contributed by atoms with Gasteiger partial charge in [-0.2, -0.15) is 0 Å². The normalized spacial score (nSPS) is 10.5. The maximum atomic E-state index is 10.7. The van der Waals surface area contributed by atoms with Crippen LogP contribution in [0.15, 0.2) is 54.6 Å². The molecule has 4 heteroatoms. The maximum absolute atomic E-state index is 10.7. The van der Waals surface area contributed by atoms with E-state index >= 15 is 0 Å². The number of halogens is 1. The highest BCUT2D eigenvalue weighted by molar-refractivity contribution is 6.32. The number of rotatable bonds is 4. The van der Waals surface area contributed by atoms with Crippen LogP contribution in [0, 0.1) is 0 Å². The fourth-order valence-corrected chi connectivity index (χ4v) is 2.29. The number of para-hydroxylation sites is 1. The number of hydrogen-bond acceptors (Lipinski definition) is 3. The van der Waals surface area contributed by atoms with E-state index in [0.717, 1.165) is 22.9 Å². The van der Waals surface area contributed by atoms with Gasteiger partial charge >= 0.3 is 0 Å². The largest absolute Gasteiger partial charge is 0.486 e. The minimum absolute atomic E-state index is 0.324. The van der Waals surface area contributed by atoms with E-state index in [-0.39, 0.29) is 0 Å². The summed E-state index contributed by atoms with van der Waals surface area (Å²) in [6, 6.07) is 16.8. The molecule has 0 aliphatic rings. The third-order valence-electron chi connectivity index (χ3n) is 3.12. The van der Waals surface area contributed by atoms with E-state index in [0.29, 0.717) is 22.9 Å². The van der Waals surface area contributed by atoms with E-state index in [1.54, 1.807) is 18.2 Å². The van der Waals surface area contributed by atoms with Crippen LogP contribution in [-0.4, -0.2) is 11.3 Å². The van der Waals surface area contributed by atoms with Crippen LogP contribution < -0.4 is 4.74 Å². The molecule has 0 aliphatic heterocycles. The van der Waals surface area contributed by atoms with Gasteiger partial charge in [-0.05, 0) is 30.3 Å². The predicted molar refractivity (Wildman–Crippen MR) is 82.9 cm³/mol. The van der Waals surface area contributed by atoms with Crippen LogP contribution in [0.25, 0.3) is 10.9 Å². The lowest BCUT2D eigenvalue weighted by atomic mass is 10.2. The van der Waals surface area contributed by atoms with Crippen LogP contribution in [0.5, 0.6) is 5.75 Å².